The van der Waals surface area contributed by atoms with E-state index in [0.717, 1.165) is 37.0 Å². The van der Waals surface area contributed by atoms with E-state index in [1.807, 2.05) is 17.6 Å². The number of hydrogen-bond acceptors (Lipinski definition) is 4. The number of carbonyl (C=O) groups is 1. The van der Waals surface area contributed by atoms with Gasteiger partial charge in [-0.2, -0.15) is 4.98 Å². The summed E-state index contributed by atoms with van der Waals surface area (Å²) in [5.41, 5.74) is 1.66. The molecule has 2 aromatic rings. The van der Waals surface area contributed by atoms with Crippen molar-refractivity contribution in [2.75, 3.05) is 19.6 Å². The summed E-state index contributed by atoms with van der Waals surface area (Å²) in [6.45, 7) is 3.77. The second kappa shape index (κ2) is 6.85. The maximum absolute atomic E-state index is 12.2. The van der Waals surface area contributed by atoms with E-state index in [2.05, 4.69) is 21.3 Å². The Labute approximate surface area is 156 Å². The summed E-state index contributed by atoms with van der Waals surface area (Å²) in [6.07, 6.45) is 5.11. The predicted molar refractivity (Wildman–Crippen MR) is 102 cm³/mol. The van der Waals surface area contributed by atoms with Crippen molar-refractivity contribution in [3.05, 3.63) is 45.5 Å². The maximum Gasteiger partial charge on any atom is 0.280 e. The Morgan fingerprint density at radius 2 is 2.19 bits per heavy atom. The molecule has 0 spiro atoms. The third-order valence-electron chi connectivity index (χ3n) is 4.88. The van der Waals surface area contributed by atoms with E-state index in [-0.39, 0.29) is 11.5 Å². The minimum atomic E-state index is -0.258. The first-order valence-electron chi connectivity index (χ1n) is 8.91. The number of aryl methyl sites for hydroxylation is 1. The lowest BCUT2D eigenvalue weighted by atomic mass is 10.1. The van der Waals surface area contributed by atoms with Crippen LogP contribution in [0.5, 0.6) is 0 Å². The van der Waals surface area contributed by atoms with Crippen molar-refractivity contribution in [1.82, 2.24) is 19.8 Å². The van der Waals surface area contributed by atoms with E-state index in [4.69, 9.17) is 11.6 Å². The summed E-state index contributed by atoms with van der Waals surface area (Å²) in [7, 11) is 0. The highest BCUT2D eigenvalue weighted by atomic mass is 35.5. The highest BCUT2D eigenvalue weighted by Gasteiger charge is 2.24. The monoisotopic (exact) mass is 372 g/mol. The first-order valence-corrected chi connectivity index (χ1v) is 9.29. The molecule has 0 bridgehead atoms. The molecule has 136 valence electrons. The average Bonchev–Trinajstić information content (AvgIpc) is 3.41. The van der Waals surface area contributed by atoms with Crippen LogP contribution in [0.15, 0.2) is 29.1 Å². The minimum absolute atomic E-state index is 0.102. The lowest BCUT2D eigenvalue weighted by molar-refractivity contribution is -0.122. The van der Waals surface area contributed by atoms with Crippen LogP contribution >= 0.6 is 11.6 Å². The van der Waals surface area contributed by atoms with Gasteiger partial charge in [0.05, 0.1) is 17.4 Å². The van der Waals surface area contributed by atoms with Crippen LogP contribution in [0.1, 0.15) is 25.1 Å². The molecule has 7 heteroatoms. The molecule has 6 nitrogen and oxygen atoms in total. The number of hydrogen-bond donors (Lipinski definition) is 1. The van der Waals surface area contributed by atoms with E-state index >= 15 is 0 Å². The third kappa shape index (κ3) is 3.52. The summed E-state index contributed by atoms with van der Waals surface area (Å²) in [4.78, 5) is 30.5. The molecule has 1 aromatic carbocycles. The molecule has 2 heterocycles. The standard InChI is InChI=1S/C19H21ClN4O2/c1-12-21-19(26)16-10-13(20)2-5-17(16)24(12)15-6-8-23(9-7-15)11-18(25)22-14-3-4-14/h2,5-6,10,14H,3-4,7-9,11H2,1H3,(H,22,25). The molecule has 1 saturated carbocycles. The summed E-state index contributed by atoms with van der Waals surface area (Å²) < 4.78 is 2.02. The van der Waals surface area contributed by atoms with Crippen LogP contribution in [0.2, 0.25) is 5.02 Å². The van der Waals surface area contributed by atoms with Gasteiger partial charge < -0.3 is 9.88 Å². The van der Waals surface area contributed by atoms with Crippen LogP contribution in [0.25, 0.3) is 16.6 Å². The van der Waals surface area contributed by atoms with Crippen molar-refractivity contribution in [2.45, 2.75) is 32.2 Å². The number of fused-ring (bicyclic) bond motifs is 1. The molecule has 1 aliphatic carbocycles. The van der Waals surface area contributed by atoms with Crippen molar-refractivity contribution in [3.63, 3.8) is 0 Å². The zero-order valence-corrected chi connectivity index (χ0v) is 15.4. The van der Waals surface area contributed by atoms with Crippen molar-refractivity contribution in [3.8, 4) is 0 Å². The average molecular weight is 373 g/mol. The van der Waals surface area contributed by atoms with E-state index < -0.39 is 0 Å². The quantitative estimate of drug-likeness (QED) is 0.893. The lowest BCUT2D eigenvalue weighted by Gasteiger charge is -2.27. The third-order valence-corrected chi connectivity index (χ3v) is 5.12. The molecule has 1 amide bonds. The Morgan fingerprint density at radius 1 is 1.38 bits per heavy atom. The summed E-state index contributed by atoms with van der Waals surface area (Å²) in [5, 5.41) is 4.07. The van der Waals surface area contributed by atoms with Crippen LogP contribution in [0, 0.1) is 6.92 Å². The van der Waals surface area contributed by atoms with Crippen molar-refractivity contribution < 1.29 is 4.79 Å². The summed E-state index contributed by atoms with van der Waals surface area (Å²) in [5.74, 6) is 0.765. The Hall–Kier alpha value is -2.18. The number of carbonyl (C=O) groups excluding carboxylic acids is 1. The number of benzene rings is 1. The first-order chi connectivity index (χ1) is 12.5. The number of nitrogens with one attached hydrogen (secondary N) is 1. The van der Waals surface area contributed by atoms with Gasteiger partial charge in [0, 0.05) is 36.3 Å². The van der Waals surface area contributed by atoms with Gasteiger partial charge in [-0.25, -0.2) is 0 Å². The van der Waals surface area contributed by atoms with Gasteiger partial charge in [-0.05, 0) is 38.0 Å². The second-order valence-corrected chi connectivity index (χ2v) is 7.42. The van der Waals surface area contributed by atoms with E-state index in [9.17, 15) is 9.59 Å². The van der Waals surface area contributed by atoms with Crippen molar-refractivity contribution in [2.24, 2.45) is 0 Å². The van der Waals surface area contributed by atoms with Gasteiger partial charge in [0.1, 0.15) is 5.82 Å². The highest BCUT2D eigenvalue weighted by Crippen LogP contribution is 2.24. The number of nitrogens with zero attached hydrogens (tertiary/aromatic N) is 3. The number of aromatic nitrogens is 2. The molecular weight excluding hydrogens is 352 g/mol. The van der Waals surface area contributed by atoms with Crippen LogP contribution in [-0.4, -0.2) is 46.0 Å². The molecule has 1 aliphatic heterocycles. The van der Waals surface area contributed by atoms with E-state index in [1.165, 1.54) is 0 Å². The van der Waals surface area contributed by atoms with Gasteiger partial charge in [-0.15, -0.1) is 0 Å². The van der Waals surface area contributed by atoms with Gasteiger partial charge in [-0.1, -0.05) is 17.7 Å². The SMILES string of the molecule is Cc1nc(=O)c2cc(Cl)ccc2n1C1=CCN(CC(=O)NC2CC2)CC1. The van der Waals surface area contributed by atoms with Crippen LogP contribution in [0.3, 0.4) is 0 Å². The van der Waals surface area contributed by atoms with Gasteiger partial charge in [0.15, 0.2) is 0 Å². The molecule has 26 heavy (non-hydrogen) atoms. The second-order valence-electron chi connectivity index (χ2n) is 6.98. The largest absolute Gasteiger partial charge is 0.352 e. The van der Waals surface area contributed by atoms with Crippen LogP contribution in [-0.2, 0) is 4.79 Å². The highest BCUT2D eigenvalue weighted by molar-refractivity contribution is 6.31. The molecule has 0 radical (unpaired) electrons. The zero-order chi connectivity index (χ0) is 18.3. The molecule has 0 unspecified atom stereocenters. The van der Waals surface area contributed by atoms with Crippen molar-refractivity contribution in [1.29, 1.82) is 0 Å². The number of amides is 1. The Morgan fingerprint density at radius 3 is 2.88 bits per heavy atom. The number of halogens is 1. The fourth-order valence-electron chi connectivity index (χ4n) is 3.42. The van der Waals surface area contributed by atoms with Gasteiger partial charge in [-0.3, -0.25) is 14.5 Å². The summed E-state index contributed by atoms with van der Waals surface area (Å²) in [6, 6.07) is 5.72. The molecule has 2 aliphatic rings. The fourth-order valence-corrected chi connectivity index (χ4v) is 3.59. The van der Waals surface area contributed by atoms with Gasteiger partial charge in [0.2, 0.25) is 5.91 Å². The van der Waals surface area contributed by atoms with E-state index in [0.29, 0.717) is 35.4 Å². The maximum atomic E-state index is 12.2. The topological polar surface area (TPSA) is 67.2 Å². The molecule has 0 atom stereocenters. The molecule has 0 saturated heterocycles. The Kier molecular flexibility index (Phi) is 4.54. The van der Waals surface area contributed by atoms with Crippen LogP contribution in [0.4, 0.5) is 0 Å². The van der Waals surface area contributed by atoms with Gasteiger partial charge in [0.25, 0.3) is 5.56 Å². The van der Waals surface area contributed by atoms with Crippen LogP contribution < -0.4 is 10.9 Å². The predicted octanol–water partition coefficient (Wildman–Crippen LogP) is 2.18. The Bertz CT molecular complexity index is 962. The summed E-state index contributed by atoms with van der Waals surface area (Å²) >= 11 is 6.04. The van der Waals surface area contributed by atoms with Gasteiger partial charge >= 0.3 is 0 Å². The van der Waals surface area contributed by atoms with E-state index in [1.54, 1.807) is 12.1 Å². The zero-order valence-electron chi connectivity index (χ0n) is 14.7. The Balaban J connectivity index is 1.58. The molecule has 1 aromatic heterocycles. The first kappa shape index (κ1) is 17.2. The number of rotatable bonds is 4. The van der Waals surface area contributed by atoms with Crippen molar-refractivity contribution >= 4 is 34.1 Å². The molecule has 4 rings (SSSR count). The normalized spacial score (nSPS) is 18.0. The molecule has 1 fully saturated rings. The smallest absolute Gasteiger partial charge is 0.280 e. The molecular formula is C19H21ClN4O2. The molecule has 1 N–H and O–H groups in total. The fraction of sp³-hybridized carbons (Fsp3) is 0.421. The lowest BCUT2D eigenvalue weighted by Crippen LogP contribution is -2.40. The minimum Gasteiger partial charge on any atom is -0.352 e.